The van der Waals surface area contributed by atoms with Crippen molar-refractivity contribution < 1.29 is 14.3 Å². The molecule has 0 saturated carbocycles. The Morgan fingerprint density at radius 1 is 1.27 bits per heavy atom. The number of carbonyl (C=O) groups is 2. The zero-order chi connectivity index (χ0) is 18.8. The van der Waals surface area contributed by atoms with Gasteiger partial charge < -0.3 is 15.0 Å². The summed E-state index contributed by atoms with van der Waals surface area (Å²) in [5, 5.41) is 3.00. The van der Waals surface area contributed by atoms with Gasteiger partial charge in [-0.05, 0) is 43.7 Å². The number of halogens is 1. The first-order chi connectivity index (χ1) is 12.3. The second-order valence-corrected chi connectivity index (χ2v) is 7.43. The number of hydrogen-bond donors (Lipinski definition) is 2. The molecule has 2 aromatic heterocycles. The normalized spacial score (nSPS) is 10.7. The molecule has 1 aromatic carbocycles. The monoisotopic (exact) mass is 435 g/mol. The third-order valence-corrected chi connectivity index (χ3v) is 5.26. The smallest absolute Gasteiger partial charge is 0.349 e. The van der Waals surface area contributed by atoms with Crippen molar-refractivity contribution >= 4 is 55.0 Å². The number of hydrogen-bond acceptors (Lipinski definition) is 6. The molecule has 0 saturated heterocycles. The van der Waals surface area contributed by atoms with E-state index in [1.165, 1.54) is 0 Å². The fourth-order valence-corrected chi connectivity index (χ4v) is 3.76. The quantitative estimate of drug-likeness (QED) is 0.612. The number of H-pyrrole nitrogens is 1. The molecule has 0 fully saturated rings. The summed E-state index contributed by atoms with van der Waals surface area (Å²) >= 11 is 4.38. The average Bonchev–Trinajstić information content (AvgIpc) is 2.91. The minimum absolute atomic E-state index is 0.264. The fourth-order valence-electron chi connectivity index (χ4n) is 2.37. The number of anilines is 1. The van der Waals surface area contributed by atoms with E-state index in [0.29, 0.717) is 27.3 Å². The average molecular weight is 436 g/mol. The number of thiophene rings is 1. The highest BCUT2D eigenvalue weighted by molar-refractivity contribution is 9.10. The Balaban J connectivity index is 1.70. The molecule has 0 aliphatic carbocycles. The van der Waals surface area contributed by atoms with Gasteiger partial charge in [-0.15, -0.1) is 11.3 Å². The summed E-state index contributed by atoms with van der Waals surface area (Å²) in [4.78, 5) is 43.8. The van der Waals surface area contributed by atoms with Crippen LogP contribution in [0.15, 0.2) is 33.5 Å². The summed E-state index contributed by atoms with van der Waals surface area (Å²) in [5.41, 5.74) is 0.795. The van der Waals surface area contributed by atoms with Gasteiger partial charge in [0.2, 0.25) is 0 Å². The maximum absolute atomic E-state index is 12.3. The van der Waals surface area contributed by atoms with Gasteiger partial charge in [0.1, 0.15) is 15.5 Å². The van der Waals surface area contributed by atoms with Gasteiger partial charge in [-0.3, -0.25) is 9.59 Å². The molecule has 9 heteroatoms. The molecule has 0 aliphatic rings. The first-order valence-corrected chi connectivity index (χ1v) is 9.18. The minimum atomic E-state index is -0.659. The standard InChI is InChI=1S/C17H14BrN3O4S/c1-8-13-15(23)19-9(2)20-16(13)26-14(8)17(24)25-7-12(22)21-11-5-3-10(18)4-6-11/h3-6H,7H2,1-2H3,(H,21,22)(H,19,20,23). The van der Waals surface area contributed by atoms with Crippen LogP contribution in [0, 0.1) is 13.8 Å². The van der Waals surface area contributed by atoms with Crippen molar-refractivity contribution in [2.45, 2.75) is 13.8 Å². The number of aromatic amines is 1. The van der Waals surface area contributed by atoms with Gasteiger partial charge >= 0.3 is 5.97 Å². The number of amides is 1. The van der Waals surface area contributed by atoms with Crippen molar-refractivity contribution in [3.05, 3.63) is 55.4 Å². The van der Waals surface area contributed by atoms with Gasteiger partial charge in [0.15, 0.2) is 6.61 Å². The molecule has 0 atom stereocenters. The van der Waals surface area contributed by atoms with Crippen molar-refractivity contribution in [2.24, 2.45) is 0 Å². The molecule has 3 aromatic rings. The van der Waals surface area contributed by atoms with Crippen LogP contribution in [-0.4, -0.2) is 28.5 Å². The molecule has 1 amide bonds. The highest BCUT2D eigenvalue weighted by Crippen LogP contribution is 2.27. The molecular weight excluding hydrogens is 422 g/mol. The summed E-state index contributed by atoms with van der Waals surface area (Å²) in [6.07, 6.45) is 0. The van der Waals surface area contributed by atoms with E-state index in [9.17, 15) is 14.4 Å². The van der Waals surface area contributed by atoms with Crippen LogP contribution < -0.4 is 10.9 Å². The summed E-state index contributed by atoms with van der Waals surface area (Å²) in [7, 11) is 0. The molecule has 26 heavy (non-hydrogen) atoms. The number of ether oxygens (including phenoxy) is 1. The van der Waals surface area contributed by atoms with Gasteiger partial charge in [0, 0.05) is 10.2 Å². The Kier molecular flexibility index (Phi) is 5.19. The molecule has 7 nitrogen and oxygen atoms in total. The van der Waals surface area contributed by atoms with Gasteiger partial charge in [-0.25, -0.2) is 9.78 Å². The molecule has 0 radical (unpaired) electrons. The van der Waals surface area contributed by atoms with Crippen molar-refractivity contribution in [3.63, 3.8) is 0 Å². The van der Waals surface area contributed by atoms with Crippen LogP contribution in [0.25, 0.3) is 10.2 Å². The van der Waals surface area contributed by atoms with E-state index >= 15 is 0 Å². The molecule has 0 aliphatic heterocycles. The Labute approximate surface area is 160 Å². The van der Waals surface area contributed by atoms with E-state index in [0.717, 1.165) is 15.8 Å². The van der Waals surface area contributed by atoms with E-state index in [-0.39, 0.29) is 10.4 Å². The zero-order valence-corrected chi connectivity index (χ0v) is 16.3. The highest BCUT2D eigenvalue weighted by Gasteiger charge is 2.20. The van der Waals surface area contributed by atoms with Gasteiger partial charge in [-0.1, -0.05) is 15.9 Å². The van der Waals surface area contributed by atoms with Gasteiger partial charge in [0.25, 0.3) is 11.5 Å². The van der Waals surface area contributed by atoms with Crippen molar-refractivity contribution in [2.75, 3.05) is 11.9 Å². The Morgan fingerprint density at radius 2 is 1.96 bits per heavy atom. The van der Waals surface area contributed by atoms with Gasteiger partial charge in [0.05, 0.1) is 5.39 Å². The molecule has 0 bridgehead atoms. The van der Waals surface area contributed by atoms with Crippen LogP contribution in [-0.2, 0) is 9.53 Å². The predicted octanol–water partition coefficient (Wildman–Crippen LogP) is 3.16. The van der Waals surface area contributed by atoms with E-state index in [2.05, 4.69) is 31.2 Å². The van der Waals surface area contributed by atoms with E-state index in [4.69, 9.17) is 4.74 Å². The molecule has 0 spiro atoms. The van der Waals surface area contributed by atoms with E-state index in [1.54, 1.807) is 38.1 Å². The molecule has 0 unspecified atom stereocenters. The fraction of sp³-hybridized carbons (Fsp3) is 0.176. The maximum atomic E-state index is 12.3. The second kappa shape index (κ2) is 7.38. The van der Waals surface area contributed by atoms with Crippen LogP contribution in [0.3, 0.4) is 0 Å². The lowest BCUT2D eigenvalue weighted by molar-refractivity contribution is -0.119. The summed E-state index contributed by atoms with van der Waals surface area (Å²) in [5.74, 6) is -0.641. The maximum Gasteiger partial charge on any atom is 0.349 e. The van der Waals surface area contributed by atoms with Crippen LogP contribution >= 0.6 is 27.3 Å². The number of aryl methyl sites for hydroxylation is 2. The minimum Gasteiger partial charge on any atom is -0.451 e. The van der Waals surface area contributed by atoms with Crippen molar-refractivity contribution in [3.8, 4) is 0 Å². The molecule has 2 N–H and O–H groups in total. The predicted molar refractivity (Wildman–Crippen MR) is 103 cm³/mol. The number of nitrogens with one attached hydrogen (secondary N) is 2. The van der Waals surface area contributed by atoms with Crippen LogP contribution in [0.5, 0.6) is 0 Å². The number of esters is 1. The summed E-state index contributed by atoms with van der Waals surface area (Å²) < 4.78 is 5.97. The van der Waals surface area contributed by atoms with E-state index in [1.807, 2.05) is 0 Å². The van der Waals surface area contributed by atoms with Gasteiger partial charge in [-0.2, -0.15) is 0 Å². The van der Waals surface area contributed by atoms with Crippen molar-refractivity contribution in [1.29, 1.82) is 0 Å². The number of nitrogens with zero attached hydrogens (tertiary/aromatic N) is 1. The Hall–Kier alpha value is -2.52. The lowest BCUT2D eigenvalue weighted by Gasteiger charge is -2.06. The van der Waals surface area contributed by atoms with E-state index < -0.39 is 18.5 Å². The first-order valence-electron chi connectivity index (χ1n) is 7.57. The zero-order valence-electron chi connectivity index (χ0n) is 13.9. The largest absolute Gasteiger partial charge is 0.451 e. The SMILES string of the molecule is Cc1nc2sc(C(=O)OCC(=O)Nc3ccc(Br)cc3)c(C)c2c(=O)[nH]1. The molecule has 3 rings (SSSR count). The lowest BCUT2D eigenvalue weighted by Crippen LogP contribution is -2.20. The lowest BCUT2D eigenvalue weighted by atomic mass is 10.2. The third kappa shape index (κ3) is 3.83. The summed E-state index contributed by atoms with van der Waals surface area (Å²) in [6, 6.07) is 7.02. The number of benzene rings is 1. The van der Waals surface area contributed by atoms with Crippen molar-refractivity contribution in [1.82, 2.24) is 9.97 Å². The number of rotatable bonds is 4. The van der Waals surface area contributed by atoms with Crippen LogP contribution in [0.4, 0.5) is 5.69 Å². The Morgan fingerprint density at radius 3 is 2.65 bits per heavy atom. The highest BCUT2D eigenvalue weighted by atomic mass is 79.9. The van der Waals surface area contributed by atoms with Crippen LogP contribution in [0.2, 0.25) is 0 Å². The topological polar surface area (TPSA) is 101 Å². The third-order valence-electron chi connectivity index (χ3n) is 3.57. The second-order valence-electron chi connectivity index (χ2n) is 5.52. The molecule has 2 heterocycles. The molecular formula is C17H14BrN3O4S. The number of aromatic nitrogens is 2. The number of fused-ring (bicyclic) bond motifs is 1. The Bertz CT molecular complexity index is 1060. The van der Waals surface area contributed by atoms with Crippen LogP contribution in [0.1, 0.15) is 21.1 Å². The number of carbonyl (C=O) groups excluding carboxylic acids is 2. The first kappa shape index (κ1) is 18.3. The molecule has 134 valence electrons. The summed E-state index contributed by atoms with van der Waals surface area (Å²) in [6.45, 7) is 2.90.